The van der Waals surface area contributed by atoms with Gasteiger partial charge in [0.2, 0.25) is 11.8 Å². The molecule has 0 radical (unpaired) electrons. The summed E-state index contributed by atoms with van der Waals surface area (Å²) < 4.78 is 0. The highest BCUT2D eigenvalue weighted by atomic mass is 35.5. The summed E-state index contributed by atoms with van der Waals surface area (Å²) in [5, 5.41) is 3.66. The number of carbonyl (C=O) groups excluding carboxylic acids is 2. The fourth-order valence-corrected chi connectivity index (χ4v) is 4.47. The van der Waals surface area contributed by atoms with Crippen LogP contribution in [0.2, 0.25) is 5.02 Å². The topological polar surface area (TPSA) is 88.3 Å². The molecule has 1 aliphatic carbocycles. The first kappa shape index (κ1) is 19.7. The van der Waals surface area contributed by atoms with Crippen molar-refractivity contribution in [3.05, 3.63) is 53.2 Å². The number of aromatic nitrogens is 1. The maximum Gasteiger partial charge on any atom is 0.235 e. The number of carbonyl (C=O) groups is 2. The van der Waals surface area contributed by atoms with E-state index in [0.717, 1.165) is 50.0 Å². The van der Waals surface area contributed by atoms with Crippen molar-refractivity contribution in [3.8, 4) is 0 Å². The quantitative estimate of drug-likeness (QED) is 0.786. The van der Waals surface area contributed by atoms with Gasteiger partial charge < -0.3 is 16.0 Å². The van der Waals surface area contributed by atoms with E-state index in [4.69, 9.17) is 17.3 Å². The van der Waals surface area contributed by atoms with Gasteiger partial charge in [-0.2, -0.15) is 0 Å². The number of hydrogen-bond acceptors (Lipinski definition) is 4. The Balaban J connectivity index is 1.46. The van der Waals surface area contributed by atoms with E-state index in [1.807, 2.05) is 36.4 Å². The van der Waals surface area contributed by atoms with Crippen LogP contribution in [-0.4, -0.2) is 29.9 Å². The highest BCUT2D eigenvalue weighted by Gasteiger charge is 2.45. The van der Waals surface area contributed by atoms with Crippen molar-refractivity contribution >= 4 is 34.9 Å². The Morgan fingerprint density at radius 2 is 2.03 bits per heavy atom. The molecule has 2 amide bonds. The number of hydrogen-bond donors (Lipinski definition) is 2. The standard InChI is InChI=1S/C22H25ClN4O2/c23-17-6-1-5-16(12-17)22(9-3-10-22)21(29)26-18-7-8-19(25-13-18)27-11-2-4-15(14-27)20(24)28/h1,5-8,12-13,15H,2-4,9-11,14H2,(H2,24,28)(H,26,29). The molecular formula is C22H25ClN4O2. The normalized spacial score (nSPS) is 20.6. The smallest absolute Gasteiger partial charge is 0.235 e. The molecule has 7 heteroatoms. The van der Waals surface area contributed by atoms with Gasteiger partial charge in [0.25, 0.3) is 0 Å². The Bertz CT molecular complexity index is 911. The van der Waals surface area contributed by atoms with Crippen molar-refractivity contribution in [1.82, 2.24) is 4.98 Å². The van der Waals surface area contributed by atoms with Crippen LogP contribution < -0.4 is 16.0 Å². The number of piperidine rings is 1. The predicted octanol–water partition coefficient (Wildman–Crippen LogP) is 3.50. The van der Waals surface area contributed by atoms with Crippen molar-refractivity contribution < 1.29 is 9.59 Å². The lowest BCUT2D eigenvalue weighted by Gasteiger charge is -2.40. The average Bonchev–Trinajstić information content (AvgIpc) is 2.68. The van der Waals surface area contributed by atoms with Gasteiger partial charge in [-0.3, -0.25) is 9.59 Å². The zero-order valence-corrected chi connectivity index (χ0v) is 17.0. The number of primary amides is 1. The largest absolute Gasteiger partial charge is 0.369 e. The number of nitrogens with zero attached hydrogens (tertiary/aromatic N) is 2. The first-order valence-corrected chi connectivity index (χ1v) is 10.4. The minimum Gasteiger partial charge on any atom is -0.369 e. The fraction of sp³-hybridized carbons (Fsp3) is 0.409. The van der Waals surface area contributed by atoms with Gasteiger partial charge in [0.1, 0.15) is 5.82 Å². The molecule has 1 aromatic carbocycles. The first-order chi connectivity index (χ1) is 14.0. The number of halogens is 1. The van der Waals surface area contributed by atoms with E-state index in [9.17, 15) is 9.59 Å². The van der Waals surface area contributed by atoms with Crippen LogP contribution in [0.3, 0.4) is 0 Å². The summed E-state index contributed by atoms with van der Waals surface area (Å²) in [5.74, 6) is 0.376. The Kier molecular flexibility index (Phi) is 5.46. The molecule has 4 rings (SSSR count). The highest BCUT2D eigenvalue weighted by Crippen LogP contribution is 2.45. The van der Waals surface area contributed by atoms with Crippen LogP contribution >= 0.6 is 11.6 Å². The van der Waals surface area contributed by atoms with Crippen molar-refractivity contribution in [2.45, 2.75) is 37.5 Å². The molecule has 1 atom stereocenters. The lowest BCUT2D eigenvalue weighted by atomic mass is 9.64. The van der Waals surface area contributed by atoms with Crippen LogP contribution in [0.15, 0.2) is 42.6 Å². The van der Waals surface area contributed by atoms with Gasteiger partial charge in [-0.15, -0.1) is 0 Å². The van der Waals surface area contributed by atoms with E-state index in [1.54, 1.807) is 6.20 Å². The Morgan fingerprint density at radius 1 is 1.21 bits per heavy atom. The Morgan fingerprint density at radius 3 is 2.66 bits per heavy atom. The van der Waals surface area contributed by atoms with Gasteiger partial charge in [0.05, 0.1) is 23.2 Å². The molecule has 1 unspecified atom stereocenters. The first-order valence-electron chi connectivity index (χ1n) is 10.1. The van der Waals surface area contributed by atoms with Crippen LogP contribution in [-0.2, 0) is 15.0 Å². The van der Waals surface area contributed by atoms with Crippen LogP contribution in [0.5, 0.6) is 0 Å². The van der Waals surface area contributed by atoms with E-state index in [1.165, 1.54) is 0 Å². The third-order valence-electron chi connectivity index (χ3n) is 6.17. The highest BCUT2D eigenvalue weighted by molar-refractivity contribution is 6.30. The number of rotatable bonds is 5. The number of anilines is 2. The molecule has 1 aliphatic heterocycles. The minimum absolute atomic E-state index is 0.0210. The van der Waals surface area contributed by atoms with Crippen LogP contribution in [0.25, 0.3) is 0 Å². The Labute approximate surface area is 175 Å². The molecule has 152 valence electrons. The molecule has 0 spiro atoms. The van der Waals surface area contributed by atoms with Crippen molar-refractivity contribution in [2.75, 3.05) is 23.3 Å². The molecule has 0 bridgehead atoms. The Hall–Kier alpha value is -2.60. The van der Waals surface area contributed by atoms with Crippen LogP contribution in [0.1, 0.15) is 37.7 Å². The van der Waals surface area contributed by atoms with Crippen LogP contribution in [0, 0.1) is 5.92 Å². The molecule has 2 heterocycles. The van der Waals surface area contributed by atoms with E-state index < -0.39 is 5.41 Å². The number of benzene rings is 1. The van der Waals surface area contributed by atoms with Gasteiger partial charge >= 0.3 is 0 Å². The van der Waals surface area contributed by atoms with E-state index in [-0.39, 0.29) is 17.7 Å². The summed E-state index contributed by atoms with van der Waals surface area (Å²) in [6.45, 7) is 1.44. The second-order valence-corrected chi connectivity index (χ2v) is 8.43. The van der Waals surface area contributed by atoms with Gasteiger partial charge in [0.15, 0.2) is 0 Å². The number of nitrogens with one attached hydrogen (secondary N) is 1. The third kappa shape index (κ3) is 3.94. The summed E-state index contributed by atoms with van der Waals surface area (Å²) in [6.07, 6.45) is 6.06. The number of amides is 2. The fourth-order valence-electron chi connectivity index (χ4n) is 4.28. The summed E-state index contributed by atoms with van der Waals surface area (Å²) in [7, 11) is 0. The van der Waals surface area contributed by atoms with Crippen molar-refractivity contribution in [2.24, 2.45) is 11.7 Å². The van der Waals surface area contributed by atoms with Gasteiger partial charge in [-0.05, 0) is 55.5 Å². The van der Waals surface area contributed by atoms with Crippen molar-refractivity contribution in [3.63, 3.8) is 0 Å². The molecular weight excluding hydrogens is 388 g/mol. The molecule has 1 saturated heterocycles. The lowest BCUT2D eigenvalue weighted by Crippen LogP contribution is -2.46. The van der Waals surface area contributed by atoms with E-state index >= 15 is 0 Å². The molecule has 2 aromatic rings. The van der Waals surface area contributed by atoms with Crippen molar-refractivity contribution in [1.29, 1.82) is 0 Å². The molecule has 2 fully saturated rings. The SMILES string of the molecule is NC(=O)C1CCCN(c2ccc(NC(=O)C3(c4cccc(Cl)c4)CCC3)cn2)C1. The number of nitrogens with two attached hydrogens (primary N) is 1. The second kappa shape index (κ2) is 8.03. The molecule has 29 heavy (non-hydrogen) atoms. The van der Waals surface area contributed by atoms with Gasteiger partial charge in [0, 0.05) is 18.1 Å². The maximum absolute atomic E-state index is 13.1. The average molecular weight is 413 g/mol. The van der Waals surface area contributed by atoms with Gasteiger partial charge in [-0.25, -0.2) is 4.98 Å². The number of pyridine rings is 1. The van der Waals surface area contributed by atoms with Gasteiger partial charge in [-0.1, -0.05) is 30.2 Å². The maximum atomic E-state index is 13.1. The minimum atomic E-state index is -0.523. The van der Waals surface area contributed by atoms with E-state index in [0.29, 0.717) is 17.3 Å². The second-order valence-electron chi connectivity index (χ2n) is 7.99. The van der Waals surface area contributed by atoms with Crippen LogP contribution in [0.4, 0.5) is 11.5 Å². The third-order valence-corrected chi connectivity index (χ3v) is 6.41. The van der Waals surface area contributed by atoms with E-state index in [2.05, 4.69) is 15.2 Å². The molecule has 1 saturated carbocycles. The predicted molar refractivity (Wildman–Crippen MR) is 114 cm³/mol. The molecule has 3 N–H and O–H groups in total. The summed E-state index contributed by atoms with van der Waals surface area (Å²) in [5.41, 5.74) is 6.56. The zero-order valence-electron chi connectivity index (χ0n) is 16.2. The molecule has 1 aromatic heterocycles. The summed E-state index contributed by atoms with van der Waals surface area (Å²) >= 11 is 6.14. The zero-order chi connectivity index (χ0) is 20.4. The summed E-state index contributed by atoms with van der Waals surface area (Å²) in [6, 6.07) is 11.3. The monoisotopic (exact) mass is 412 g/mol. The lowest BCUT2D eigenvalue weighted by molar-refractivity contribution is -0.124. The summed E-state index contributed by atoms with van der Waals surface area (Å²) in [4.78, 5) is 31.2. The molecule has 2 aliphatic rings. The molecule has 6 nitrogen and oxygen atoms in total.